The number of benzene rings is 2. The molecular weight excluding hydrogens is 295 g/mol. The second-order valence-corrected chi connectivity index (χ2v) is 4.98. The SMILES string of the molecule is O=C(Cc1ccccc1)Cc1ccc(F)c(Br)c1. The van der Waals surface area contributed by atoms with Gasteiger partial charge in [0.05, 0.1) is 4.47 Å². The minimum absolute atomic E-state index is 0.125. The van der Waals surface area contributed by atoms with E-state index in [1.807, 2.05) is 30.3 Å². The van der Waals surface area contributed by atoms with Crippen LogP contribution in [-0.4, -0.2) is 5.78 Å². The van der Waals surface area contributed by atoms with Gasteiger partial charge in [-0.25, -0.2) is 4.39 Å². The van der Waals surface area contributed by atoms with E-state index in [0.717, 1.165) is 11.1 Å². The van der Waals surface area contributed by atoms with Crippen LogP contribution in [0.25, 0.3) is 0 Å². The first-order chi connectivity index (χ1) is 8.65. The third-order valence-electron chi connectivity index (χ3n) is 2.63. The maximum Gasteiger partial charge on any atom is 0.141 e. The highest BCUT2D eigenvalue weighted by molar-refractivity contribution is 9.10. The van der Waals surface area contributed by atoms with Gasteiger partial charge in [-0.2, -0.15) is 0 Å². The van der Waals surface area contributed by atoms with Crippen molar-refractivity contribution in [3.8, 4) is 0 Å². The molecule has 0 atom stereocenters. The summed E-state index contributed by atoms with van der Waals surface area (Å²) in [4.78, 5) is 11.9. The summed E-state index contributed by atoms with van der Waals surface area (Å²) in [5.41, 5.74) is 1.83. The van der Waals surface area contributed by atoms with Gasteiger partial charge in [0.25, 0.3) is 0 Å². The van der Waals surface area contributed by atoms with Crippen LogP contribution in [0.15, 0.2) is 53.0 Å². The van der Waals surface area contributed by atoms with Gasteiger partial charge in [0, 0.05) is 12.8 Å². The largest absolute Gasteiger partial charge is 0.299 e. The van der Waals surface area contributed by atoms with E-state index in [4.69, 9.17) is 0 Å². The lowest BCUT2D eigenvalue weighted by Crippen LogP contribution is -2.06. The topological polar surface area (TPSA) is 17.1 Å². The smallest absolute Gasteiger partial charge is 0.141 e. The van der Waals surface area contributed by atoms with Gasteiger partial charge in [-0.3, -0.25) is 4.79 Å². The van der Waals surface area contributed by atoms with Crippen LogP contribution in [0.4, 0.5) is 4.39 Å². The molecule has 2 aromatic carbocycles. The lowest BCUT2D eigenvalue weighted by atomic mass is 10.0. The zero-order valence-corrected chi connectivity index (χ0v) is 11.3. The number of hydrogen-bond donors (Lipinski definition) is 0. The van der Waals surface area contributed by atoms with E-state index in [9.17, 15) is 9.18 Å². The molecule has 0 fully saturated rings. The van der Waals surface area contributed by atoms with Crippen molar-refractivity contribution in [2.75, 3.05) is 0 Å². The third kappa shape index (κ3) is 3.50. The summed E-state index contributed by atoms with van der Waals surface area (Å²) in [5.74, 6) is -0.186. The van der Waals surface area contributed by atoms with Crippen LogP contribution in [-0.2, 0) is 17.6 Å². The predicted octanol–water partition coefficient (Wildman–Crippen LogP) is 3.94. The number of carbonyl (C=O) groups is 1. The van der Waals surface area contributed by atoms with Crippen LogP contribution in [0.1, 0.15) is 11.1 Å². The van der Waals surface area contributed by atoms with Crippen molar-refractivity contribution in [3.63, 3.8) is 0 Å². The molecule has 0 spiro atoms. The molecule has 3 heteroatoms. The van der Waals surface area contributed by atoms with Crippen molar-refractivity contribution in [1.82, 2.24) is 0 Å². The van der Waals surface area contributed by atoms with Gasteiger partial charge in [0.1, 0.15) is 11.6 Å². The molecule has 2 aromatic rings. The van der Waals surface area contributed by atoms with Gasteiger partial charge in [-0.05, 0) is 39.2 Å². The summed E-state index contributed by atoms with van der Waals surface area (Å²) >= 11 is 3.12. The molecule has 0 amide bonds. The van der Waals surface area contributed by atoms with E-state index in [-0.39, 0.29) is 11.6 Å². The molecule has 0 aliphatic heterocycles. The van der Waals surface area contributed by atoms with Crippen LogP contribution in [0, 0.1) is 5.82 Å². The fourth-order valence-corrected chi connectivity index (χ4v) is 2.19. The molecule has 1 nitrogen and oxygen atoms in total. The lowest BCUT2D eigenvalue weighted by molar-refractivity contribution is -0.117. The van der Waals surface area contributed by atoms with Gasteiger partial charge < -0.3 is 0 Å². The summed E-state index contributed by atoms with van der Waals surface area (Å²) in [5, 5.41) is 0. The summed E-state index contributed by atoms with van der Waals surface area (Å²) in [6.45, 7) is 0. The average molecular weight is 307 g/mol. The summed E-state index contributed by atoms with van der Waals surface area (Å²) in [6, 6.07) is 14.3. The quantitative estimate of drug-likeness (QED) is 0.836. The number of rotatable bonds is 4. The Morgan fingerprint density at radius 1 is 1.00 bits per heavy atom. The number of hydrogen-bond acceptors (Lipinski definition) is 1. The molecule has 0 radical (unpaired) electrons. The van der Waals surface area contributed by atoms with Gasteiger partial charge in [-0.15, -0.1) is 0 Å². The van der Waals surface area contributed by atoms with E-state index in [0.29, 0.717) is 17.3 Å². The zero-order chi connectivity index (χ0) is 13.0. The Morgan fingerprint density at radius 3 is 2.33 bits per heavy atom. The minimum Gasteiger partial charge on any atom is -0.299 e. The Hall–Kier alpha value is -1.48. The van der Waals surface area contributed by atoms with Crippen molar-refractivity contribution < 1.29 is 9.18 Å². The van der Waals surface area contributed by atoms with E-state index in [1.54, 1.807) is 12.1 Å². The molecule has 0 aliphatic carbocycles. The lowest BCUT2D eigenvalue weighted by Gasteiger charge is -2.03. The Balaban J connectivity index is 2.01. The molecule has 0 aromatic heterocycles. The van der Waals surface area contributed by atoms with Gasteiger partial charge in [-0.1, -0.05) is 36.4 Å². The van der Waals surface area contributed by atoms with E-state index in [2.05, 4.69) is 15.9 Å². The second-order valence-electron chi connectivity index (χ2n) is 4.13. The summed E-state index contributed by atoms with van der Waals surface area (Å²) in [6.07, 6.45) is 0.740. The van der Waals surface area contributed by atoms with E-state index >= 15 is 0 Å². The molecule has 0 aliphatic rings. The molecule has 2 rings (SSSR count). The molecule has 0 saturated heterocycles. The molecule has 0 unspecified atom stereocenters. The maximum atomic E-state index is 13.1. The van der Waals surface area contributed by atoms with E-state index < -0.39 is 0 Å². The van der Waals surface area contributed by atoms with Crippen molar-refractivity contribution in [1.29, 1.82) is 0 Å². The zero-order valence-electron chi connectivity index (χ0n) is 9.70. The normalized spacial score (nSPS) is 10.3. The number of halogens is 2. The first-order valence-electron chi connectivity index (χ1n) is 5.65. The molecule has 0 bridgehead atoms. The predicted molar refractivity (Wildman–Crippen MR) is 73.0 cm³/mol. The average Bonchev–Trinajstić information content (AvgIpc) is 2.35. The molecule has 0 heterocycles. The Bertz CT molecular complexity index is 552. The van der Waals surface area contributed by atoms with Crippen molar-refractivity contribution >= 4 is 21.7 Å². The molecule has 18 heavy (non-hydrogen) atoms. The van der Waals surface area contributed by atoms with E-state index in [1.165, 1.54) is 6.07 Å². The Kier molecular flexibility index (Phi) is 4.26. The Morgan fingerprint density at radius 2 is 1.67 bits per heavy atom. The van der Waals surface area contributed by atoms with Gasteiger partial charge >= 0.3 is 0 Å². The second kappa shape index (κ2) is 5.91. The molecule has 92 valence electrons. The fourth-order valence-electron chi connectivity index (χ4n) is 1.76. The summed E-state index contributed by atoms with van der Waals surface area (Å²) < 4.78 is 13.4. The highest BCUT2D eigenvalue weighted by Crippen LogP contribution is 2.17. The highest BCUT2D eigenvalue weighted by Gasteiger charge is 2.07. The van der Waals surface area contributed by atoms with Crippen LogP contribution in [0.3, 0.4) is 0 Å². The van der Waals surface area contributed by atoms with Gasteiger partial charge in [0.15, 0.2) is 0 Å². The minimum atomic E-state index is -0.311. The van der Waals surface area contributed by atoms with Crippen molar-refractivity contribution in [3.05, 3.63) is 69.9 Å². The molecule has 0 saturated carbocycles. The molecule has 0 N–H and O–H groups in total. The van der Waals surface area contributed by atoms with Crippen LogP contribution < -0.4 is 0 Å². The third-order valence-corrected chi connectivity index (χ3v) is 3.24. The first kappa shape index (κ1) is 13.0. The Labute approximate surface area is 114 Å². The van der Waals surface area contributed by atoms with Crippen molar-refractivity contribution in [2.24, 2.45) is 0 Å². The number of carbonyl (C=O) groups excluding carboxylic acids is 1. The standard InChI is InChI=1S/C15H12BrFO/c16-14-10-12(6-7-15(14)17)9-13(18)8-11-4-2-1-3-5-11/h1-7,10H,8-9H2. The van der Waals surface area contributed by atoms with Gasteiger partial charge in [0.2, 0.25) is 0 Å². The van der Waals surface area contributed by atoms with Crippen LogP contribution in [0.2, 0.25) is 0 Å². The number of ketones is 1. The molecular formula is C15H12BrFO. The van der Waals surface area contributed by atoms with Crippen molar-refractivity contribution in [2.45, 2.75) is 12.8 Å². The van der Waals surface area contributed by atoms with Crippen LogP contribution in [0.5, 0.6) is 0 Å². The summed E-state index contributed by atoms with van der Waals surface area (Å²) in [7, 11) is 0. The monoisotopic (exact) mass is 306 g/mol. The number of Topliss-reactive ketones (excluding diaryl/α,β-unsaturated/α-hetero) is 1. The maximum absolute atomic E-state index is 13.1. The van der Waals surface area contributed by atoms with Crippen LogP contribution >= 0.6 is 15.9 Å². The highest BCUT2D eigenvalue weighted by atomic mass is 79.9. The first-order valence-corrected chi connectivity index (χ1v) is 6.44. The fraction of sp³-hybridized carbons (Fsp3) is 0.133.